The largest absolute Gasteiger partial charge is 0.496 e. The summed E-state index contributed by atoms with van der Waals surface area (Å²) in [5.41, 5.74) is 0.699. The van der Waals surface area contributed by atoms with Crippen LogP contribution in [0.4, 0.5) is 5.69 Å². The van der Waals surface area contributed by atoms with Gasteiger partial charge in [0.05, 0.1) is 18.4 Å². The smallest absolute Gasteiger partial charge is 0.255 e. The molecule has 1 saturated carbocycles. The number of carbonyl (C=O) groups excluding carboxylic acids is 2. The Bertz CT molecular complexity index is 1190. The zero-order chi connectivity index (χ0) is 24.3. The van der Waals surface area contributed by atoms with Crippen LogP contribution in [-0.4, -0.2) is 51.2 Å². The molecule has 9 nitrogen and oxygen atoms in total. The summed E-state index contributed by atoms with van der Waals surface area (Å²) < 4.78 is 40.7. The van der Waals surface area contributed by atoms with Crippen molar-refractivity contribution in [2.24, 2.45) is 0 Å². The van der Waals surface area contributed by atoms with E-state index in [1.807, 2.05) is 0 Å². The van der Waals surface area contributed by atoms with Gasteiger partial charge in [-0.05, 0) is 43.5 Å². The van der Waals surface area contributed by atoms with Crippen LogP contribution in [0.3, 0.4) is 0 Å². The van der Waals surface area contributed by atoms with Crippen LogP contribution < -0.4 is 24.8 Å². The molecule has 2 aromatic rings. The molecule has 10 heteroatoms. The van der Waals surface area contributed by atoms with Gasteiger partial charge in [0.1, 0.15) is 21.6 Å². The molecule has 182 valence electrons. The molecular weight excluding hydrogens is 460 g/mol. The van der Waals surface area contributed by atoms with Crippen molar-refractivity contribution in [1.29, 1.82) is 0 Å². The fourth-order valence-electron chi connectivity index (χ4n) is 4.19. The van der Waals surface area contributed by atoms with Gasteiger partial charge in [0.2, 0.25) is 5.91 Å². The van der Waals surface area contributed by atoms with E-state index in [1.54, 1.807) is 42.5 Å². The van der Waals surface area contributed by atoms with Crippen molar-refractivity contribution >= 4 is 27.3 Å². The predicted octanol–water partition coefficient (Wildman–Crippen LogP) is 2.91. The van der Waals surface area contributed by atoms with Gasteiger partial charge >= 0.3 is 0 Å². The summed E-state index contributed by atoms with van der Waals surface area (Å²) in [6.45, 7) is 0. The van der Waals surface area contributed by atoms with E-state index in [2.05, 4.69) is 10.6 Å². The molecule has 2 aromatic carbocycles. The van der Waals surface area contributed by atoms with Crippen LogP contribution in [-0.2, 0) is 14.6 Å². The van der Waals surface area contributed by atoms with Crippen molar-refractivity contribution in [2.45, 2.75) is 43.9 Å². The lowest BCUT2D eigenvalue weighted by Gasteiger charge is -2.21. The van der Waals surface area contributed by atoms with Crippen molar-refractivity contribution < 1.29 is 32.2 Å². The average Bonchev–Trinajstić information content (AvgIpc) is 3.40. The number of hydrogen-bond acceptors (Lipinski definition) is 7. The summed E-state index contributed by atoms with van der Waals surface area (Å²) in [4.78, 5) is 25.9. The quantitative estimate of drug-likeness (QED) is 0.586. The van der Waals surface area contributed by atoms with Crippen molar-refractivity contribution in [3.8, 4) is 17.2 Å². The number of rotatable bonds is 8. The second kappa shape index (κ2) is 9.54. The topological polar surface area (TPSA) is 120 Å². The van der Waals surface area contributed by atoms with Crippen LogP contribution >= 0.6 is 0 Å². The van der Waals surface area contributed by atoms with E-state index < -0.39 is 33.5 Å². The Morgan fingerprint density at radius 2 is 1.79 bits per heavy atom. The number of carbonyl (C=O) groups is 2. The number of amides is 2. The van der Waals surface area contributed by atoms with Gasteiger partial charge in [-0.25, -0.2) is 8.42 Å². The third kappa shape index (κ3) is 5.44. The maximum absolute atomic E-state index is 13.1. The Balaban J connectivity index is 1.49. The summed E-state index contributed by atoms with van der Waals surface area (Å²) in [7, 11) is -1.91. The predicted molar refractivity (Wildman–Crippen MR) is 126 cm³/mol. The number of ether oxygens (including phenoxy) is 3. The van der Waals surface area contributed by atoms with Gasteiger partial charge < -0.3 is 24.8 Å². The molecule has 1 aliphatic heterocycles. The summed E-state index contributed by atoms with van der Waals surface area (Å²) in [5, 5.41) is 5.40. The zero-order valence-corrected chi connectivity index (χ0v) is 19.9. The van der Waals surface area contributed by atoms with E-state index in [0.29, 0.717) is 22.9 Å². The molecule has 2 N–H and O–H groups in total. The van der Waals surface area contributed by atoms with Crippen LogP contribution in [0.5, 0.6) is 17.2 Å². The highest BCUT2D eigenvalue weighted by Gasteiger charge is 2.44. The molecule has 1 atom stereocenters. The number of sulfone groups is 1. The monoisotopic (exact) mass is 488 g/mol. The highest BCUT2D eigenvalue weighted by Crippen LogP contribution is 2.47. The van der Waals surface area contributed by atoms with Gasteiger partial charge in [-0.3, -0.25) is 9.59 Å². The van der Waals surface area contributed by atoms with Gasteiger partial charge in [-0.2, -0.15) is 0 Å². The molecule has 2 aliphatic rings. The van der Waals surface area contributed by atoms with E-state index in [0.717, 1.165) is 31.9 Å². The third-order valence-corrected chi connectivity index (χ3v) is 6.90. The van der Waals surface area contributed by atoms with Crippen LogP contribution in [0.25, 0.3) is 0 Å². The molecule has 2 amide bonds. The summed E-state index contributed by atoms with van der Waals surface area (Å²) in [6, 6.07) is 10.6. The molecule has 1 spiro atoms. The number of anilines is 1. The normalized spacial score (nSPS) is 16.8. The first-order valence-electron chi connectivity index (χ1n) is 11.1. The van der Waals surface area contributed by atoms with Crippen molar-refractivity contribution in [1.82, 2.24) is 5.32 Å². The molecule has 0 bridgehead atoms. The van der Waals surface area contributed by atoms with Gasteiger partial charge in [0, 0.05) is 30.9 Å². The van der Waals surface area contributed by atoms with Crippen LogP contribution in [0.15, 0.2) is 42.5 Å². The molecule has 0 aromatic heterocycles. The van der Waals surface area contributed by atoms with Crippen LogP contribution in [0.1, 0.15) is 42.5 Å². The van der Waals surface area contributed by atoms with E-state index in [9.17, 15) is 18.0 Å². The molecule has 4 rings (SSSR count). The Hall–Kier alpha value is -3.27. The zero-order valence-electron chi connectivity index (χ0n) is 19.1. The molecule has 1 fully saturated rings. The second-order valence-corrected chi connectivity index (χ2v) is 10.9. The Kier molecular flexibility index (Phi) is 6.70. The number of hydrogen-bond donors (Lipinski definition) is 2. The number of fused-ring (bicyclic) bond motifs is 1. The molecule has 0 radical (unpaired) electrons. The Morgan fingerprint density at radius 3 is 2.50 bits per heavy atom. The average molecular weight is 489 g/mol. The maximum Gasteiger partial charge on any atom is 0.255 e. The van der Waals surface area contributed by atoms with Gasteiger partial charge in [-0.1, -0.05) is 12.1 Å². The minimum Gasteiger partial charge on any atom is -0.496 e. The van der Waals surface area contributed by atoms with Crippen molar-refractivity contribution in [3.63, 3.8) is 0 Å². The summed E-state index contributed by atoms with van der Waals surface area (Å²) in [5.74, 6) is -0.448. The standard InChI is InChI=1S/C24H28N2O7S/c1-31-19-8-4-3-7-17(19)22(27)26-18(11-14-34(2,29)30)23(28)25-16-9-10-20-21(15-16)33-24(32-20)12-5-6-13-24/h3-4,7-10,15,18H,5-6,11-14H2,1-2H3,(H,25,28)(H,26,27)/t18-/m0/s1. The molecule has 0 unspecified atom stereocenters. The fraction of sp³-hybridized carbons (Fsp3) is 0.417. The molecule has 1 aliphatic carbocycles. The molecule has 34 heavy (non-hydrogen) atoms. The third-order valence-electron chi connectivity index (χ3n) is 5.92. The lowest BCUT2D eigenvalue weighted by Crippen LogP contribution is -2.44. The van der Waals surface area contributed by atoms with Gasteiger partial charge in [0.25, 0.3) is 11.7 Å². The van der Waals surface area contributed by atoms with Gasteiger partial charge in [0.15, 0.2) is 11.5 Å². The number of methoxy groups -OCH3 is 1. The van der Waals surface area contributed by atoms with Crippen molar-refractivity contribution in [3.05, 3.63) is 48.0 Å². The van der Waals surface area contributed by atoms with Crippen LogP contribution in [0.2, 0.25) is 0 Å². The lowest BCUT2D eigenvalue weighted by atomic mass is 10.1. The lowest BCUT2D eigenvalue weighted by molar-refractivity contribution is -0.118. The summed E-state index contributed by atoms with van der Waals surface area (Å²) in [6.07, 6.45) is 4.69. The highest BCUT2D eigenvalue weighted by atomic mass is 32.2. The van der Waals surface area contributed by atoms with E-state index in [4.69, 9.17) is 14.2 Å². The minimum atomic E-state index is -3.35. The molecular formula is C24H28N2O7S. The maximum atomic E-state index is 13.1. The molecule has 0 saturated heterocycles. The molecule has 1 heterocycles. The number of para-hydroxylation sites is 1. The Labute approximate surface area is 198 Å². The highest BCUT2D eigenvalue weighted by molar-refractivity contribution is 7.90. The SMILES string of the molecule is COc1ccccc1C(=O)N[C@@H](CCS(C)(=O)=O)C(=O)Nc1ccc2c(c1)OC1(CCCC1)O2. The fourth-order valence-corrected chi connectivity index (χ4v) is 4.85. The first kappa shape index (κ1) is 23.9. The summed E-state index contributed by atoms with van der Waals surface area (Å²) >= 11 is 0. The van der Waals surface area contributed by atoms with Crippen LogP contribution in [0, 0.1) is 0 Å². The first-order chi connectivity index (χ1) is 16.2. The van der Waals surface area contributed by atoms with E-state index >= 15 is 0 Å². The second-order valence-electron chi connectivity index (χ2n) is 8.62. The minimum absolute atomic E-state index is 0.0841. The number of benzene rings is 2. The van der Waals surface area contributed by atoms with E-state index in [1.165, 1.54) is 7.11 Å². The van der Waals surface area contributed by atoms with E-state index in [-0.39, 0.29) is 17.7 Å². The number of nitrogens with one attached hydrogen (secondary N) is 2. The first-order valence-corrected chi connectivity index (χ1v) is 13.2. The van der Waals surface area contributed by atoms with Crippen molar-refractivity contribution in [2.75, 3.05) is 24.4 Å². The van der Waals surface area contributed by atoms with Gasteiger partial charge in [-0.15, -0.1) is 0 Å². The Morgan fingerprint density at radius 1 is 1.09 bits per heavy atom.